The van der Waals surface area contributed by atoms with Gasteiger partial charge >= 0.3 is 0 Å². The maximum absolute atomic E-state index is 10.0. The second-order valence-corrected chi connectivity index (χ2v) is 8.42. The van der Waals surface area contributed by atoms with E-state index in [0.717, 1.165) is 0 Å². The minimum Gasteiger partial charge on any atom is -0.396 e. The molecule has 2 N–H and O–H groups in total. The Kier molecular flexibility index (Phi) is 8.82. The van der Waals surface area contributed by atoms with Crippen LogP contribution in [0, 0.1) is 16.2 Å². The molecule has 0 bridgehead atoms. The molecular formula is C23H36O6. The van der Waals surface area contributed by atoms with Crippen LogP contribution in [-0.4, -0.2) is 62.4 Å². The van der Waals surface area contributed by atoms with Crippen molar-refractivity contribution in [2.75, 3.05) is 39.6 Å². The van der Waals surface area contributed by atoms with Crippen molar-refractivity contribution in [1.82, 2.24) is 0 Å². The summed E-state index contributed by atoms with van der Waals surface area (Å²) in [6.45, 7) is 16.6. The Morgan fingerprint density at radius 3 is 1.14 bits per heavy atom. The molecule has 0 aromatic carbocycles. The molecule has 6 nitrogen and oxygen atoms in total. The van der Waals surface area contributed by atoms with Crippen molar-refractivity contribution in [3.8, 4) is 0 Å². The molecule has 2 rings (SSSR count). The van der Waals surface area contributed by atoms with E-state index in [1.165, 1.54) is 0 Å². The largest absolute Gasteiger partial charge is 0.396 e. The average molecular weight is 409 g/mol. The molecule has 0 aromatic rings. The van der Waals surface area contributed by atoms with Gasteiger partial charge in [0.05, 0.1) is 55.9 Å². The average Bonchev–Trinajstić information content (AvgIpc) is 2.74. The second-order valence-electron chi connectivity index (χ2n) is 8.42. The molecule has 2 saturated heterocycles. The predicted molar refractivity (Wildman–Crippen MR) is 112 cm³/mol. The van der Waals surface area contributed by atoms with Crippen LogP contribution in [-0.2, 0) is 18.9 Å². The van der Waals surface area contributed by atoms with E-state index in [4.69, 9.17) is 18.9 Å². The van der Waals surface area contributed by atoms with Gasteiger partial charge in [-0.05, 0) is 25.7 Å². The van der Waals surface area contributed by atoms with Gasteiger partial charge < -0.3 is 29.2 Å². The Bertz CT molecular complexity index is 482. The number of aliphatic hydroxyl groups is 2. The summed E-state index contributed by atoms with van der Waals surface area (Å²) in [5.74, 6) is 0. The monoisotopic (exact) mass is 408 g/mol. The van der Waals surface area contributed by atoms with Crippen LogP contribution in [0.25, 0.3) is 0 Å². The van der Waals surface area contributed by atoms with Gasteiger partial charge in [0.25, 0.3) is 0 Å². The van der Waals surface area contributed by atoms with Gasteiger partial charge in [-0.1, -0.05) is 24.3 Å². The maximum Gasteiger partial charge on any atom is 0.165 e. The first-order valence-corrected chi connectivity index (χ1v) is 10.1. The van der Waals surface area contributed by atoms with E-state index < -0.39 is 28.8 Å². The van der Waals surface area contributed by atoms with Crippen molar-refractivity contribution in [1.29, 1.82) is 0 Å². The third-order valence-corrected chi connectivity index (χ3v) is 6.00. The Balaban J connectivity index is 2.02. The molecule has 0 amide bonds. The molecule has 6 heteroatoms. The van der Waals surface area contributed by atoms with Gasteiger partial charge in [-0.2, -0.15) is 0 Å². The number of hydrogen-bond acceptors (Lipinski definition) is 6. The number of hydrogen-bond donors (Lipinski definition) is 2. The molecule has 0 aliphatic carbocycles. The van der Waals surface area contributed by atoms with Gasteiger partial charge in [0.1, 0.15) is 0 Å². The van der Waals surface area contributed by atoms with Crippen LogP contribution in [0.5, 0.6) is 0 Å². The smallest absolute Gasteiger partial charge is 0.165 e. The van der Waals surface area contributed by atoms with Crippen molar-refractivity contribution >= 4 is 0 Å². The van der Waals surface area contributed by atoms with E-state index in [1.54, 1.807) is 24.3 Å². The fraction of sp³-hybridized carbons (Fsp3) is 0.652. The molecule has 2 fully saturated rings. The Hall–Kier alpha value is -1.28. The van der Waals surface area contributed by atoms with Gasteiger partial charge in [0.15, 0.2) is 12.6 Å². The summed E-state index contributed by atoms with van der Waals surface area (Å²) in [6, 6.07) is 0. The van der Waals surface area contributed by atoms with Crippen molar-refractivity contribution in [3.05, 3.63) is 50.6 Å². The number of ether oxygens (including phenoxy) is 4. The number of rotatable bonds is 12. The topological polar surface area (TPSA) is 77.4 Å². The summed E-state index contributed by atoms with van der Waals surface area (Å²) >= 11 is 0. The lowest BCUT2D eigenvalue weighted by Gasteiger charge is -2.50. The van der Waals surface area contributed by atoms with Gasteiger partial charge in [0, 0.05) is 0 Å². The Morgan fingerprint density at radius 1 is 0.655 bits per heavy atom. The first kappa shape index (κ1) is 24.0. The van der Waals surface area contributed by atoms with Gasteiger partial charge in [0.2, 0.25) is 0 Å². The summed E-state index contributed by atoms with van der Waals surface area (Å²) in [5.41, 5.74) is -1.60. The van der Waals surface area contributed by atoms with Crippen molar-refractivity contribution in [2.24, 2.45) is 16.2 Å². The molecule has 2 aliphatic rings. The van der Waals surface area contributed by atoms with Gasteiger partial charge in [-0.3, -0.25) is 0 Å². The number of allylic oxidation sites excluding steroid dienone is 4. The highest BCUT2D eigenvalue weighted by Crippen LogP contribution is 2.43. The summed E-state index contributed by atoms with van der Waals surface area (Å²) in [6.07, 6.45) is 8.20. The second kappa shape index (κ2) is 10.7. The Labute approximate surface area is 174 Å². The third kappa shape index (κ3) is 5.08. The predicted octanol–water partition coefficient (Wildman–Crippen LogP) is 2.98. The first-order chi connectivity index (χ1) is 14.0. The van der Waals surface area contributed by atoms with E-state index in [0.29, 0.717) is 52.1 Å². The number of aliphatic hydroxyl groups excluding tert-OH is 2. The molecule has 164 valence electrons. The minimum absolute atomic E-state index is 0.0834. The SMILES string of the molecule is C=CCC(CO)(CC=C)C1OCC2(CO1)COC(C(CO)(CC=C)CC=C)OC2. The van der Waals surface area contributed by atoms with Crippen molar-refractivity contribution < 1.29 is 29.2 Å². The van der Waals surface area contributed by atoms with Crippen LogP contribution in [0.4, 0.5) is 0 Å². The fourth-order valence-corrected chi connectivity index (χ4v) is 4.17. The summed E-state index contributed by atoms with van der Waals surface area (Å²) in [7, 11) is 0. The molecule has 0 aromatic heterocycles. The third-order valence-electron chi connectivity index (χ3n) is 6.00. The van der Waals surface area contributed by atoms with Gasteiger partial charge in [-0.15, -0.1) is 26.3 Å². The normalized spacial score (nSPS) is 28.1. The zero-order valence-corrected chi connectivity index (χ0v) is 17.4. The summed E-state index contributed by atoms with van der Waals surface area (Å²) in [4.78, 5) is 0. The highest BCUT2D eigenvalue weighted by atomic mass is 16.7. The first-order valence-electron chi connectivity index (χ1n) is 10.1. The molecule has 0 radical (unpaired) electrons. The standard InChI is InChI=1S/C23H36O6/c1-5-9-22(13-24,10-6-2)19-26-15-21(16-27-19)17-28-20(29-18-21)23(14-25,11-7-3)12-8-4/h5-8,19-20,24-25H,1-4,9-18H2. The zero-order chi connectivity index (χ0) is 21.4. The van der Waals surface area contributed by atoms with E-state index >= 15 is 0 Å². The minimum atomic E-state index is -0.593. The summed E-state index contributed by atoms with van der Waals surface area (Å²) < 4.78 is 24.2. The maximum atomic E-state index is 10.0. The van der Waals surface area contributed by atoms with Crippen LogP contribution in [0.15, 0.2) is 50.6 Å². The molecule has 0 unspecified atom stereocenters. The van der Waals surface area contributed by atoms with Crippen LogP contribution >= 0.6 is 0 Å². The van der Waals surface area contributed by atoms with Crippen LogP contribution in [0.2, 0.25) is 0 Å². The molecule has 0 saturated carbocycles. The lowest BCUT2D eigenvalue weighted by atomic mass is 9.79. The van der Waals surface area contributed by atoms with E-state index in [1.807, 2.05) is 0 Å². The van der Waals surface area contributed by atoms with E-state index in [2.05, 4.69) is 26.3 Å². The quantitative estimate of drug-likeness (QED) is 0.484. The highest BCUT2D eigenvalue weighted by Gasteiger charge is 2.50. The van der Waals surface area contributed by atoms with Crippen LogP contribution in [0.3, 0.4) is 0 Å². The molecule has 0 atom stereocenters. The highest BCUT2D eigenvalue weighted by molar-refractivity contribution is 4.98. The molecule has 2 heterocycles. The van der Waals surface area contributed by atoms with Crippen LogP contribution in [0.1, 0.15) is 25.7 Å². The molecule has 29 heavy (non-hydrogen) atoms. The van der Waals surface area contributed by atoms with E-state index in [9.17, 15) is 10.2 Å². The molecular weight excluding hydrogens is 372 g/mol. The fourth-order valence-electron chi connectivity index (χ4n) is 4.17. The lowest BCUT2D eigenvalue weighted by molar-refractivity contribution is -0.341. The summed E-state index contributed by atoms with van der Waals surface area (Å²) in [5, 5.41) is 20.0. The van der Waals surface area contributed by atoms with Crippen LogP contribution < -0.4 is 0 Å². The van der Waals surface area contributed by atoms with E-state index in [-0.39, 0.29) is 13.2 Å². The lowest BCUT2D eigenvalue weighted by Crippen LogP contribution is -2.58. The Morgan fingerprint density at radius 2 is 0.931 bits per heavy atom. The van der Waals surface area contributed by atoms with Crippen molar-refractivity contribution in [3.63, 3.8) is 0 Å². The molecule has 2 aliphatic heterocycles. The molecule has 1 spiro atoms. The van der Waals surface area contributed by atoms with Crippen molar-refractivity contribution in [2.45, 2.75) is 38.3 Å². The zero-order valence-electron chi connectivity index (χ0n) is 17.4. The van der Waals surface area contributed by atoms with Gasteiger partial charge in [-0.25, -0.2) is 0 Å².